The third kappa shape index (κ3) is 2.87. The van der Waals surface area contributed by atoms with E-state index in [4.69, 9.17) is 5.73 Å². The third-order valence-electron chi connectivity index (χ3n) is 3.22. The zero-order valence-corrected chi connectivity index (χ0v) is 12.5. The number of rotatable bonds is 5. The van der Waals surface area contributed by atoms with Gasteiger partial charge in [0.05, 0.1) is 5.56 Å². The van der Waals surface area contributed by atoms with Gasteiger partial charge < -0.3 is 15.6 Å². The fourth-order valence-corrected chi connectivity index (χ4v) is 2.89. The lowest BCUT2D eigenvalue weighted by molar-refractivity contribution is 0.789. The Morgan fingerprint density at radius 3 is 2.81 bits per heavy atom. The number of nitrogens with two attached hydrogens (primary N) is 1. The number of anilines is 2. The van der Waals surface area contributed by atoms with Crippen LogP contribution in [0.4, 0.5) is 10.8 Å². The molecule has 0 saturated carbocycles. The van der Waals surface area contributed by atoms with Crippen molar-refractivity contribution >= 4 is 22.4 Å². The summed E-state index contributed by atoms with van der Waals surface area (Å²) in [6, 6.07) is 10.0. The Balaban J connectivity index is 1.73. The fraction of sp³-hybridized carbons (Fsp3) is 0.214. The molecule has 0 aliphatic rings. The SMILES string of the molecule is Cn1cnnc1CCNc1snc(N)c1-c1ccccc1. The van der Waals surface area contributed by atoms with E-state index >= 15 is 0 Å². The molecule has 108 valence electrons. The normalized spacial score (nSPS) is 10.7. The number of hydrogen-bond donors (Lipinski definition) is 2. The third-order valence-corrected chi connectivity index (χ3v) is 4.04. The van der Waals surface area contributed by atoms with Crippen LogP contribution in [0.5, 0.6) is 0 Å². The van der Waals surface area contributed by atoms with Crippen molar-refractivity contribution in [2.24, 2.45) is 7.05 Å². The van der Waals surface area contributed by atoms with E-state index < -0.39 is 0 Å². The highest BCUT2D eigenvalue weighted by molar-refractivity contribution is 7.11. The predicted octanol–water partition coefficient (Wildman–Crippen LogP) is 2.18. The summed E-state index contributed by atoms with van der Waals surface area (Å²) in [6.07, 6.45) is 2.50. The quantitative estimate of drug-likeness (QED) is 0.754. The maximum absolute atomic E-state index is 6.00. The van der Waals surface area contributed by atoms with Gasteiger partial charge in [-0.05, 0) is 17.1 Å². The van der Waals surface area contributed by atoms with Crippen molar-refractivity contribution in [1.29, 1.82) is 0 Å². The van der Waals surface area contributed by atoms with Gasteiger partial charge in [0.2, 0.25) is 0 Å². The maximum Gasteiger partial charge on any atom is 0.147 e. The first-order valence-electron chi connectivity index (χ1n) is 6.63. The molecule has 0 atom stereocenters. The molecule has 0 aliphatic carbocycles. The van der Waals surface area contributed by atoms with Crippen LogP contribution in [0.15, 0.2) is 36.7 Å². The van der Waals surface area contributed by atoms with Gasteiger partial charge in [-0.25, -0.2) is 0 Å². The highest BCUT2D eigenvalue weighted by Gasteiger charge is 2.13. The van der Waals surface area contributed by atoms with Crippen LogP contribution in [-0.2, 0) is 13.5 Å². The molecule has 3 N–H and O–H groups in total. The van der Waals surface area contributed by atoms with Crippen LogP contribution in [0.2, 0.25) is 0 Å². The number of nitrogens with zero attached hydrogens (tertiary/aromatic N) is 4. The summed E-state index contributed by atoms with van der Waals surface area (Å²) in [6.45, 7) is 0.758. The van der Waals surface area contributed by atoms with Crippen LogP contribution in [0.3, 0.4) is 0 Å². The number of hydrogen-bond acceptors (Lipinski definition) is 6. The Morgan fingerprint density at radius 2 is 2.10 bits per heavy atom. The molecule has 0 saturated heterocycles. The molecular formula is C14H16N6S. The molecule has 0 unspecified atom stereocenters. The summed E-state index contributed by atoms with van der Waals surface area (Å²) in [5.74, 6) is 1.51. The van der Waals surface area contributed by atoms with E-state index in [9.17, 15) is 0 Å². The zero-order valence-electron chi connectivity index (χ0n) is 11.7. The molecule has 7 heteroatoms. The Morgan fingerprint density at radius 1 is 1.29 bits per heavy atom. The minimum atomic E-state index is 0.562. The average Bonchev–Trinajstić information content (AvgIpc) is 3.07. The molecule has 3 rings (SSSR count). The lowest BCUT2D eigenvalue weighted by Crippen LogP contribution is -2.08. The molecule has 2 aromatic heterocycles. The number of aromatic nitrogens is 4. The molecule has 0 amide bonds. The lowest BCUT2D eigenvalue weighted by atomic mass is 10.1. The Bertz CT molecular complexity index is 718. The van der Waals surface area contributed by atoms with E-state index in [2.05, 4.69) is 19.9 Å². The molecule has 21 heavy (non-hydrogen) atoms. The van der Waals surface area contributed by atoms with Crippen molar-refractivity contribution in [2.45, 2.75) is 6.42 Å². The molecule has 1 aromatic carbocycles. The van der Waals surface area contributed by atoms with E-state index in [0.29, 0.717) is 5.82 Å². The molecule has 0 radical (unpaired) electrons. The van der Waals surface area contributed by atoms with Crippen LogP contribution in [-0.4, -0.2) is 25.7 Å². The van der Waals surface area contributed by atoms with Gasteiger partial charge in [-0.3, -0.25) is 0 Å². The first-order valence-corrected chi connectivity index (χ1v) is 7.40. The van der Waals surface area contributed by atoms with Gasteiger partial charge >= 0.3 is 0 Å². The highest BCUT2D eigenvalue weighted by atomic mass is 32.1. The second kappa shape index (κ2) is 5.92. The van der Waals surface area contributed by atoms with Gasteiger partial charge in [0, 0.05) is 20.0 Å². The van der Waals surface area contributed by atoms with Gasteiger partial charge in [-0.2, -0.15) is 4.37 Å². The summed E-state index contributed by atoms with van der Waals surface area (Å²) in [5.41, 5.74) is 8.04. The van der Waals surface area contributed by atoms with E-state index in [1.54, 1.807) is 6.33 Å². The first kappa shape index (κ1) is 13.6. The van der Waals surface area contributed by atoms with E-state index in [1.165, 1.54) is 11.5 Å². The van der Waals surface area contributed by atoms with E-state index in [0.717, 1.165) is 34.9 Å². The molecule has 2 heterocycles. The van der Waals surface area contributed by atoms with Crippen molar-refractivity contribution in [3.8, 4) is 11.1 Å². The van der Waals surface area contributed by atoms with Crippen molar-refractivity contribution in [2.75, 3.05) is 17.6 Å². The standard InChI is InChI=1S/C14H16N6S/c1-20-9-17-18-11(20)7-8-16-14-12(13(15)19-21-14)10-5-3-2-4-6-10/h2-6,9,16H,7-8H2,1H3,(H2,15,19). The molecule has 6 nitrogen and oxygen atoms in total. The van der Waals surface area contributed by atoms with Crippen molar-refractivity contribution in [3.05, 3.63) is 42.5 Å². The van der Waals surface area contributed by atoms with Crippen LogP contribution in [0, 0.1) is 0 Å². The van der Waals surface area contributed by atoms with Crippen molar-refractivity contribution in [3.63, 3.8) is 0 Å². The first-order chi connectivity index (χ1) is 10.3. The minimum Gasteiger partial charge on any atom is -0.382 e. The van der Waals surface area contributed by atoms with Crippen molar-refractivity contribution in [1.82, 2.24) is 19.1 Å². The predicted molar refractivity (Wildman–Crippen MR) is 85.2 cm³/mol. The molecule has 0 fully saturated rings. The summed E-state index contributed by atoms with van der Waals surface area (Å²) in [5, 5.41) is 12.3. The maximum atomic E-state index is 6.00. The number of aryl methyl sites for hydroxylation is 1. The Kier molecular flexibility index (Phi) is 3.83. The van der Waals surface area contributed by atoms with Gasteiger partial charge in [-0.1, -0.05) is 30.3 Å². The van der Waals surface area contributed by atoms with Gasteiger partial charge in [-0.15, -0.1) is 10.2 Å². The average molecular weight is 300 g/mol. The molecule has 0 aliphatic heterocycles. The van der Waals surface area contributed by atoms with Crippen LogP contribution >= 0.6 is 11.5 Å². The van der Waals surface area contributed by atoms with Gasteiger partial charge in [0.25, 0.3) is 0 Å². The monoisotopic (exact) mass is 300 g/mol. The minimum absolute atomic E-state index is 0.562. The number of benzene rings is 1. The van der Waals surface area contributed by atoms with Crippen molar-refractivity contribution < 1.29 is 0 Å². The second-order valence-electron chi connectivity index (χ2n) is 4.67. The van der Waals surface area contributed by atoms with Crippen LogP contribution in [0.25, 0.3) is 11.1 Å². The topological polar surface area (TPSA) is 81.7 Å². The molecule has 3 aromatic rings. The lowest BCUT2D eigenvalue weighted by Gasteiger charge is -2.07. The second-order valence-corrected chi connectivity index (χ2v) is 5.45. The zero-order chi connectivity index (χ0) is 14.7. The number of nitrogen functional groups attached to an aromatic ring is 1. The van der Waals surface area contributed by atoms with Crippen LogP contribution < -0.4 is 11.1 Å². The molecular weight excluding hydrogens is 284 g/mol. The largest absolute Gasteiger partial charge is 0.382 e. The van der Waals surface area contributed by atoms with Gasteiger partial charge in [0.15, 0.2) is 0 Å². The summed E-state index contributed by atoms with van der Waals surface area (Å²) >= 11 is 1.38. The highest BCUT2D eigenvalue weighted by Crippen LogP contribution is 2.36. The molecule has 0 spiro atoms. The number of nitrogens with one attached hydrogen (secondary N) is 1. The fourth-order valence-electron chi connectivity index (χ4n) is 2.13. The Hall–Kier alpha value is -2.41. The van der Waals surface area contributed by atoms with E-state index in [-0.39, 0.29) is 0 Å². The van der Waals surface area contributed by atoms with E-state index in [1.807, 2.05) is 41.9 Å². The summed E-state index contributed by atoms with van der Waals surface area (Å²) in [7, 11) is 1.94. The van der Waals surface area contributed by atoms with Crippen LogP contribution in [0.1, 0.15) is 5.82 Å². The smallest absolute Gasteiger partial charge is 0.147 e. The Labute approximate surface area is 126 Å². The summed E-state index contributed by atoms with van der Waals surface area (Å²) in [4.78, 5) is 0. The molecule has 0 bridgehead atoms. The van der Waals surface area contributed by atoms with Gasteiger partial charge in [0.1, 0.15) is 23.0 Å². The summed E-state index contributed by atoms with van der Waals surface area (Å²) < 4.78 is 6.17.